The number of benzene rings is 2. The van der Waals surface area contributed by atoms with Crippen molar-refractivity contribution in [3.05, 3.63) is 76.4 Å². The van der Waals surface area contributed by atoms with Crippen LogP contribution in [0.4, 0.5) is 30.6 Å². The molecule has 1 heterocycles. The molecular formula is C25H25ClF3N5O2. The summed E-state index contributed by atoms with van der Waals surface area (Å²) in [6, 6.07) is 11.9. The number of rotatable bonds is 8. The van der Waals surface area contributed by atoms with Gasteiger partial charge in [-0.05, 0) is 36.6 Å². The van der Waals surface area contributed by atoms with Crippen LogP contribution in [0.5, 0.6) is 0 Å². The number of carbonyl (C=O) groups excluding carboxylic acids is 1. The molecule has 2 aromatic carbocycles. The Morgan fingerprint density at radius 1 is 1.14 bits per heavy atom. The molecule has 1 aliphatic rings. The van der Waals surface area contributed by atoms with Gasteiger partial charge >= 0.3 is 6.18 Å². The van der Waals surface area contributed by atoms with E-state index >= 15 is 0 Å². The number of hydrogen-bond donors (Lipinski definition) is 4. The number of aromatic nitrogens is 2. The van der Waals surface area contributed by atoms with E-state index in [9.17, 15) is 23.1 Å². The van der Waals surface area contributed by atoms with Gasteiger partial charge in [0.1, 0.15) is 11.4 Å². The van der Waals surface area contributed by atoms with Crippen LogP contribution in [0.1, 0.15) is 53.2 Å². The lowest BCUT2D eigenvalue weighted by atomic mass is 10.1. The number of anilines is 3. The first-order valence-electron chi connectivity index (χ1n) is 11.5. The van der Waals surface area contributed by atoms with Gasteiger partial charge in [-0.25, -0.2) is 4.98 Å². The van der Waals surface area contributed by atoms with Crippen LogP contribution < -0.4 is 16.0 Å². The van der Waals surface area contributed by atoms with Gasteiger partial charge in [-0.1, -0.05) is 54.8 Å². The van der Waals surface area contributed by atoms with Gasteiger partial charge < -0.3 is 21.1 Å². The predicted molar refractivity (Wildman–Crippen MR) is 131 cm³/mol. The zero-order valence-corrected chi connectivity index (χ0v) is 19.9. The maximum Gasteiger partial charge on any atom is 0.417 e. The van der Waals surface area contributed by atoms with Crippen molar-refractivity contribution in [2.45, 2.75) is 43.9 Å². The molecule has 0 spiro atoms. The van der Waals surface area contributed by atoms with Crippen LogP contribution in [0.2, 0.25) is 5.02 Å². The smallest absolute Gasteiger partial charge is 0.394 e. The van der Waals surface area contributed by atoms with Crippen molar-refractivity contribution in [3.8, 4) is 0 Å². The van der Waals surface area contributed by atoms with Crippen molar-refractivity contribution in [3.63, 3.8) is 0 Å². The molecule has 4 N–H and O–H groups in total. The Labute approximate surface area is 211 Å². The third-order valence-corrected chi connectivity index (χ3v) is 6.26. The van der Waals surface area contributed by atoms with Gasteiger partial charge in [0.05, 0.1) is 23.2 Å². The molecule has 1 aromatic heterocycles. The molecule has 4 rings (SSSR count). The molecule has 0 aliphatic heterocycles. The Bertz CT molecular complexity index is 1200. The van der Waals surface area contributed by atoms with Crippen LogP contribution in [0.3, 0.4) is 0 Å². The number of aliphatic hydroxyl groups is 1. The van der Waals surface area contributed by atoms with Gasteiger partial charge in [0, 0.05) is 17.9 Å². The van der Waals surface area contributed by atoms with E-state index < -0.39 is 22.8 Å². The number of hydrogen-bond acceptors (Lipinski definition) is 6. The topological polar surface area (TPSA) is 99.2 Å². The highest BCUT2D eigenvalue weighted by Gasteiger charge is 2.33. The fraction of sp³-hybridized carbons (Fsp3) is 0.320. The Morgan fingerprint density at radius 2 is 1.86 bits per heavy atom. The van der Waals surface area contributed by atoms with Crippen LogP contribution in [-0.4, -0.2) is 33.6 Å². The summed E-state index contributed by atoms with van der Waals surface area (Å²) in [4.78, 5) is 21.6. The highest BCUT2D eigenvalue weighted by Crippen LogP contribution is 2.36. The summed E-state index contributed by atoms with van der Waals surface area (Å²) in [6.45, 7) is -0.269. The molecule has 3 aromatic rings. The van der Waals surface area contributed by atoms with Gasteiger partial charge in [0.15, 0.2) is 0 Å². The van der Waals surface area contributed by atoms with Gasteiger partial charge in [-0.2, -0.15) is 18.2 Å². The quantitative estimate of drug-likeness (QED) is 0.304. The normalized spacial score (nSPS) is 14.9. The van der Waals surface area contributed by atoms with Crippen LogP contribution in [-0.2, 0) is 6.18 Å². The maximum absolute atomic E-state index is 13.0. The molecule has 7 nitrogen and oxygen atoms in total. The first kappa shape index (κ1) is 25.7. The van der Waals surface area contributed by atoms with E-state index in [-0.39, 0.29) is 41.6 Å². The minimum Gasteiger partial charge on any atom is -0.394 e. The molecule has 0 bridgehead atoms. The van der Waals surface area contributed by atoms with Crippen molar-refractivity contribution < 1.29 is 23.1 Å². The molecule has 1 atom stereocenters. The minimum atomic E-state index is -4.58. The van der Waals surface area contributed by atoms with Crippen molar-refractivity contribution >= 4 is 35.0 Å². The average Bonchev–Trinajstić information content (AvgIpc) is 3.35. The van der Waals surface area contributed by atoms with E-state index in [2.05, 4.69) is 25.9 Å². The van der Waals surface area contributed by atoms with Crippen LogP contribution in [0.15, 0.2) is 54.7 Å². The lowest BCUT2D eigenvalue weighted by Crippen LogP contribution is -2.33. The molecule has 0 saturated heterocycles. The highest BCUT2D eigenvalue weighted by molar-refractivity contribution is 6.31. The Kier molecular flexibility index (Phi) is 7.95. The molecule has 190 valence electrons. The van der Waals surface area contributed by atoms with Crippen LogP contribution >= 0.6 is 11.6 Å². The zero-order valence-electron chi connectivity index (χ0n) is 19.1. The molecule has 1 fully saturated rings. The van der Waals surface area contributed by atoms with Crippen molar-refractivity contribution in [2.24, 2.45) is 0 Å². The minimum absolute atomic E-state index is 0.0375. The molecular weight excluding hydrogens is 495 g/mol. The summed E-state index contributed by atoms with van der Waals surface area (Å²) in [5.41, 5.74) is 0.256. The fourth-order valence-electron chi connectivity index (χ4n) is 4.09. The number of alkyl halides is 3. The van der Waals surface area contributed by atoms with E-state index in [1.54, 1.807) is 0 Å². The van der Waals surface area contributed by atoms with Gasteiger partial charge in [-0.15, -0.1) is 0 Å². The summed E-state index contributed by atoms with van der Waals surface area (Å²) >= 11 is 5.82. The van der Waals surface area contributed by atoms with Crippen molar-refractivity contribution in [2.75, 3.05) is 17.2 Å². The van der Waals surface area contributed by atoms with E-state index in [0.29, 0.717) is 0 Å². The number of aliphatic hydroxyl groups excluding tert-OH is 1. The predicted octanol–water partition coefficient (Wildman–Crippen LogP) is 5.71. The Balaban J connectivity index is 1.63. The maximum atomic E-state index is 13.0. The van der Waals surface area contributed by atoms with E-state index in [1.807, 2.05) is 30.3 Å². The average molecular weight is 520 g/mol. The second-order valence-corrected chi connectivity index (χ2v) is 8.93. The molecule has 1 amide bonds. The van der Waals surface area contributed by atoms with Crippen molar-refractivity contribution in [1.82, 2.24) is 15.3 Å². The number of halogens is 4. The number of nitrogens with zero attached hydrogens (tertiary/aromatic N) is 2. The third-order valence-electron chi connectivity index (χ3n) is 5.95. The summed E-state index contributed by atoms with van der Waals surface area (Å²) < 4.78 is 39.1. The monoisotopic (exact) mass is 519 g/mol. The van der Waals surface area contributed by atoms with Gasteiger partial charge in [0.2, 0.25) is 5.95 Å². The molecule has 11 heteroatoms. The first-order valence-corrected chi connectivity index (χ1v) is 11.9. The summed E-state index contributed by atoms with van der Waals surface area (Å²) in [7, 11) is 0. The van der Waals surface area contributed by atoms with E-state index in [0.717, 1.165) is 43.4 Å². The highest BCUT2D eigenvalue weighted by atomic mass is 35.5. The molecule has 0 unspecified atom stereocenters. The van der Waals surface area contributed by atoms with Crippen LogP contribution in [0, 0.1) is 0 Å². The first-order chi connectivity index (χ1) is 17.2. The molecule has 36 heavy (non-hydrogen) atoms. The standard InChI is InChI=1S/C25H25ClF3N5O2/c26-20-12-17(10-11-19(20)25(27,28)29)32-24-30-13-18(23(36)31-16-8-4-5-9-16)22(34-24)33-21(14-35)15-6-2-1-3-7-15/h1-3,6-7,10-13,16,21,35H,4-5,8-9,14H2,(H,31,36)(H2,30,32,33,34)/t21-/m1/s1. The fourth-order valence-corrected chi connectivity index (χ4v) is 4.38. The molecule has 1 aliphatic carbocycles. The lowest BCUT2D eigenvalue weighted by molar-refractivity contribution is -0.137. The third kappa shape index (κ3) is 6.24. The van der Waals surface area contributed by atoms with E-state index in [1.165, 1.54) is 12.3 Å². The molecule has 1 saturated carbocycles. The second-order valence-electron chi connectivity index (χ2n) is 8.52. The van der Waals surface area contributed by atoms with Gasteiger partial charge in [0.25, 0.3) is 5.91 Å². The molecule has 0 radical (unpaired) electrons. The van der Waals surface area contributed by atoms with Crippen molar-refractivity contribution in [1.29, 1.82) is 0 Å². The number of nitrogens with one attached hydrogen (secondary N) is 3. The summed E-state index contributed by atoms with van der Waals surface area (Å²) in [6.07, 6.45) is 0.651. The Hall–Kier alpha value is -3.37. The lowest BCUT2D eigenvalue weighted by Gasteiger charge is -2.20. The SMILES string of the molecule is O=C(NC1CCCC1)c1cnc(Nc2ccc(C(F)(F)F)c(Cl)c2)nc1N[C@H](CO)c1ccccc1. The largest absolute Gasteiger partial charge is 0.417 e. The number of amides is 1. The number of carbonyl (C=O) groups is 1. The van der Waals surface area contributed by atoms with E-state index in [4.69, 9.17) is 11.6 Å². The summed E-state index contributed by atoms with van der Waals surface area (Å²) in [5.74, 6) is -0.141. The summed E-state index contributed by atoms with van der Waals surface area (Å²) in [5, 5.41) is 18.5. The zero-order chi connectivity index (χ0) is 25.7. The second kappa shape index (κ2) is 11.1. The van der Waals surface area contributed by atoms with Gasteiger partial charge in [-0.3, -0.25) is 4.79 Å². The van der Waals surface area contributed by atoms with Crippen LogP contribution in [0.25, 0.3) is 0 Å². The Morgan fingerprint density at radius 3 is 2.50 bits per heavy atom.